The molecule has 0 radical (unpaired) electrons. The largest absolute Gasteiger partial charge is 0.470 e. The topological polar surface area (TPSA) is 130 Å². The maximum atomic E-state index is 9.72. The van der Waals surface area contributed by atoms with Crippen molar-refractivity contribution >= 4 is 17.3 Å². The van der Waals surface area contributed by atoms with Crippen LogP contribution in [0.25, 0.3) is 11.3 Å². The summed E-state index contributed by atoms with van der Waals surface area (Å²) in [4.78, 5) is 17.2. The summed E-state index contributed by atoms with van der Waals surface area (Å²) in [5.41, 5.74) is 15.4. The van der Waals surface area contributed by atoms with Gasteiger partial charge in [0, 0.05) is 37.9 Å². The van der Waals surface area contributed by atoms with Gasteiger partial charge in [0.05, 0.1) is 23.1 Å². The zero-order valence-corrected chi connectivity index (χ0v) is 17.3. The van der Waals surface area contributed by atoms with E-state index >= 15 is 0 Å². The second kappa shape index (κ2) is 8.85. The van der Waals surface area contributed by atoms with Gasteiger partial charge in [-0.05, 0) is 36.9 Å². The average molecular weight is 416 g/mol. The van der Waals surface area contributed by atoms with Crippen molar-refractivity contribution in [3.8, 4) is 23.2 Å². The number of hydrogen-bond donors (Lipinski definition) is 2. The van der Waals surface area contributed by atoms with Gasteiger partial charge >= 0.3 is 0 Å². The molecule has 1 aliphatic heterocycles. The van der Waals surface area contributed by atoms with Gasteiger partial charge in [0.1, 0.15) is 18.5 Å². The minimum Gasteiger partial charge on any atom is -0.470 e. The Morgan fingerprint density at radius 3 is 2.65 bits per heavy atom. The minimum atomic E-state index is 0.195. The van der Waals surface area contributed by atoms with Gasteiger partial charge in [-0.2, -0.15) is 5.26 Å². The Labute approximate surface area is 180 Å². The summed E-state index contributed by atoms with van der Waals surface area (Å²) < 4.78 is 5.77. The lowest BCUT2D eigenvalue weighted by Crippen LogP contribution is -2.44. The summed E-state index contributed by atoms with van der Waals surface area (Å²) in [6.45, 7) is 3.97. The Bertz CT molecular complexity index is 1120. The molecule has 0 spiro atoms. The molecule has 0 aliphatic carbocycles. The molecule has 9 nitrogen and oxygen atoms in total. The lowest BCUT2D eigenvalue weighted by Gasteiger charge is -2.34. The van der Waals surface area contributed by atoms with E-state index in [2.05, 4.69) is 37.9 Å². The highest BCUT2D eigenvalue weighted by Gasteiger charge is 2.18. The second-order valence-electron chi connectivity index (χ2n) is 7.46. The number of nitrogens with two attached hydrogens (primary N) is 2. The molecule has 1 fully saturated rings. The molecule has 9 heteroatoms. The molecule has 31 heavy (non-hydrogen) atoms. The highest BCUT2D eigenvalue weighted by Crippen LogP contribution is 2.29. The highest BCUT2D eigenvalue weighted by molar-refractivity contribution is 5.70. The third-order valence-corrected chi connectivity index (χ3v) is 5.24. The number of aromatic nitrogens is 3. The molecule has 0 atom stereocenters. The number of hydrogen-bond acceptors (Lipinski definition) is 9. The minimum absolute atomic E-state index is 0.195. The van der Waals surface area contributed by atoms with Crippen molar-refractivity contribution in [1.82, 2.24) is 19.9 Å². The molecule has 2 aromatic heterocycles. The van der Waals surface area contributed by atoms with Crippen molar-refractivity contribution in [2.45, 2.75) is 6.61 Å². The maximum Gasteiger partial charge on any atom is 0.258 e. The van der Waals surface area contributed by atoms with Gasteiger partial charge in [-0.1, -0.05) is 6.07 Å². The van der Waals surface area contributed by atoms with Crippen molar-refractivity contribution in [3.63, 3.8) is 0 Å². The first-order valence-corrected chi connectivity index (χ1v) is 9.97. The van der Waals surface area contributed by atoms with E-state index in [1.165, 1.54) is 0 Å². The quantitative estimate of drug-likeness (QED) is 0.640. The van der Waals surface area contributed by atoms with Gasteiger partial charge in [0.15, 0.2) is 5.82 Å². The Balaban J connectivity index is 1.56. The number of nitrogens with zero attached hydrogens (tertiary/aromatic N) is 6. The van der Waals surface area contributed by atoms with E-state index in [-0.39, 0.29) is 18.3 Å². The van der Waals surface area contributed by atoms with Crippen LogP contribution in [0.1, 0.15) is 11.1 Å². The van der Waals surface area contributed by atoms with E-state index in [1.54, 1.807) is 24.5 Å². The summed E-state index contributed by atoms with van der Waals surface area (Å²) in [7, 11) is 2.11. The number of piperazine rings is 1. The van der Waals surface area contributed by atoms with E-state index in [4.69, 9.17) is 16.2 Å². The number of nitrogen functional groups attached to an aromatic ring is 2. The maximum absolute atomic E-state index is 9.72. The lowest BCUT2D eigenvalue weighted by molar-refractivity contribution is 0.295. The monoisotopic (exact) mass is 416 g/mol. The molecule has 0 unspecified atom stereocenters. The fourth-order valence-corrected chi connectivity index (χ4v) is 3.47. The predicted octanol–water partition coefficient (Wildman–Crippen LogP) is 1.91. The van der Waals surface area contributed by atoms with Crippen LogP contribution in [0, 0.1) is 11.3 Å². The van der Waals surface area contributed by atoms with E-state index in [1.807, 2.05) is 18.2 Å². The number of rotatable bonds is 5. The Kier molecular flexibility index (Phi) is 5.82. The first-order chi connectivity index (χ1) is 15.0. The number of anilines is 3. The first kappa shape index (κ1) is 20.4. The number of pyridine rings is 1. The number of nitriles is 1. The van der Waals surface area contributed by atoms with Crippen LogP contribution in [0.3, 0.4) is 0 Å². The van der Waals surface area contributed by atoms with Crippen molar-refractivity contribution in [2.75, 3.05) is 49.6 Å². The molecule has 1 saturated heterocycles. The molecule has 1 aliphatic rings. The van der Waals surface area contributed by atoms with Crippen LogP contribution in [0.5, 0.6) is 5.88 Å². The van der Waals surface area contributed by atoms with E-state index in [0.29, 0.717) is 17.1 Å². The lowest BCUT2D eigenvalue weighted by atomic mass is 10.1. The third-order valence-electron chi connectivity index (χ3n) is 5.24. The Morgan fingerprint density at radius 1 is 1.10 bits per heavy atom. The van der Waals surface area contributed by atoms with Crippen LogP contribution in [0.2, 0.25) is 0 Å². The van der Waals surface area contributed by atoms with Crippen LogP contribution in [0.4, 0.5) is 17.3 Å². The molecule has 1 aromatic carbocycles. The molecule has 4 rings (SSSR count). The predicted molar refractivity (Wildman–Crippen MR) is 119 cm³/mol. The van der Waals surface area contributed by atoms with Crippen molar-refractivity contribution in [3.05, 3.63) is 53.9 Å². The van der Waals surface area contributed by atoms with Crippen molar-refractivity contribution < 1.29 is 4.74 Å². The van der Waals surface area contributed by atoms with Crippen molar-refractivity contribution in [1.29, 1.82) is 5.26 Å². The summed E-state index contributed by atoms with van der Waals surface area (Å²) in [6, 6.07) is 11.6. The van der Waals surface area contributed by atoms with Gasteiger partial charge in [0.25, 0.3) is 5.88 Å². The second-order valence-corrected chi connectivity index (χ2v) is 7.46. The van der Waals surface area contributed by atoms with E-state index in [0.717, 1.165) is 43.0 Å². The van der Waals surface area contributed by atoms with Crippen LogP contribution in [-0.4, -0.2) is 53.1 Å². The van der Waals surface area contributed by atoms with Gasteiger partial charge in [-0.15, -0.1) is 0 Å². The van der Waals surface area contributed by atoms with E-state index in [9.17, 15) is 5.26 Å². The number of likely N-dealkylation sites (N-methyl/N-ethyl adjacent to an activating group) is 1. The SMILES string of the molecule is CN1CCN(c2ccc(-c3cnc(N)c(OCc4ccnc(N)c4)n3)cc2C#N)CC1. The molecule has 158 valence electrons. The fraction of sp³-hybridized carbons (Fsp3) is 0.273. The van der Waals surface area contributed by atoms with Gasteiger partial charge < -0.3 is 26.0 Å². The Morgan fingerprint density at radius 2 is 1.90 bits per heavy atom. The zero-order chi connectivity index (χ0) is 21.8. The van der Waals surface area contributed by atoms with Crippen LogP contribution < -0.4 is 21.1 Å². The Hall–Kier alpha value is -3.90. The molecule has 4 N–H and O–H groups in total. The highest BCUT2D eigenvalue weighted by atomic mass is 16.5. The summed E-state index contributed by atoms with van der Waals surface area (Å²) in [5, 5.41) is 9.72. The van der Waals surface area contributed by atoms with Crippen molar-refractivity contribution in [2.24, 2.45) is 0 Å². The molecule has 3 aromatic rings. The normalized spacial score (nSPS) is 14.3. The van der Waals surface area contributed by atoms with Crippen LogP contribution in [0.15, 0.2) is 42.7 Å². The van der Waals surface area contributed by atoms with Gasteiger partial charge in [-0.3, -0.25) is 0 Å². The number of benzene rings is 1. The number of ether oxygens (including phenoxy) is 1. The van der Waals surface area contributed by atoms with Gasteiger partial charge in [0.2, 0.25) is 0 Å². The zero-order valence-electron chi connectivity index (χ0n) is 17.3. The van der Waals surface area contributed by atoms with Gasteiger partial charge in [-0.25, -0.2) is 15.0 Å². The summed E-state index contributed by atoms with van der Waals surface area (Å²) in [6.07, 6.45) is 3.20. The molecule has 0 bridgehead atoms. The average Bonchev–Trinajstić information content (AvgIpc) is 2.79. The molecular formula is C22H24N8O. The summed E-state index contributed by atoms with van der Waals surface area (Å²) in [5.74, 6) is 0.841. The smallest absolute Gasteiger partial charge is 0.258 e. The summed E-state index contributed by atoms with van der Waals surface area (Å²) >= 11 is 0. The van der Waals surface area contributed by atoms with E-state index < -0.39 is 0 Å². The van der Waals surface area contributed by atoms with Crippen LogP contribution >= 0.6 is 0 Å². The standard InChI is InChI=1S/C22H24N8O/c1-29-6-8-30(9-7-29)19-3-2-16(11-17(19)12-23)18-13-27-21(25)22(28-18)31-14-15-4-5-26-20(24)10-15/h2-5,10-11,13H,6-9,14H2,1H3,(H2,24,26)(H2,25,27). The molecule has 0 saturated carbocycles. The fourth-order valence-electron chi connectivity index (χ4n) is 3.47. The van der Waals surface area contributed by atoms with Crippen LogP contribution in [-0.2, 0) is 6.61 Å². The third kappa shape index (κ3) is 4.65. The molecule has 3 heterocycles. The molecule has 0 amide bonds. The first-order valence-electron chi connectivity index (χ1n) is 9.97. The molecular weight excluding hydrogens is 392 g/mol.